The van der Waals surface area contributed by atoms with E-state index in [4.69, 9.17) is 10.5 Å². The van der Waals surface area contributed by atoms with Crippen LogP contribution in [0.3, 0.4) is 0 Å². The molecule has 0 fully saturated rings. The number of ether oxygens (including phenoxy) is 1. The highest BCUT2D eigenvalue weighted by Gasteiger charge is 2.28. The Kier molecular flexibility index (Phi) is 5.07. The molecule has 0 atom stereocenters. The Bertz CT molecular complexity index is 1110. The van der Waals surface area contributed by atoms with Gasteiger partial charge in [-0.25, -0.2) is 9.18 Å². The fraction of sp³-hybridized carbons (Fsp3) is 0.182. The summed E-state index contributed by atoms with van der Waals surface area (Å²) in [5.74, 6) is -1.41. The third-order valence-corrected chi connectivity index (χ3v) is 5.99. The van der Waals surface area contributed by atoms with Gasteiger partial charge in [-0.2, -0.15) is 0 Å². The van der Waals surface area contributed by atoms with Crippen LogP contribution < -0.4 is 10.6 Å². The molecule has 0 spiro atoms. The van der Waals surface area contributed by atoms with Gasteiger partial charge in [-0.05, 0) is 49.2 Å². The number of hydrogen-bond donors (Lipinski definition) is 1. The summed E-state index contributed by atoms with van der Waals surface area (Å²) in [6.07, 6.45) is 0.544. The van der Waals surface area contributed by atoms with Gasteiger partial charge in [0.2, 0.25) is 0 Å². The summed E-state index contributed by atoms with van der Waals surface area (Å²) in [7, 11) is 0. The molecule has 7 heteroatoms. The van der Waals surface area contributed by atoms with Gasteiger partial charge >= 0.3 is 5.97 Å². The lowest BCUT2D eigenvalue weighted by Gasteiger charge is -2.23. The fourth-order valence-electron chi connectivity index (χ4n) is 3.46. The summed E-state index contributed by atoms with van der Waals surface area (Å²) < 4.78 is 19.5. The molecule has 4 rings (SSSR count). The smallest absolute Gasteiger partial charge is 0.348 e. The van der Waals surface area contributed by atoms with Crippen molar-refractivity contribution in [3.8, 4) is 10.4 Å². The fourth-order valence-corrected chi connectivity index (χ4v) is 4.60. The van der Waals surface area contributed by atoms with E-state index in [1.165, 1.54) is 23.5 Å². The van der Waals surface area contributed by atoms with E-state index in [2.05, 4.69) is 0 Å². The number of hydrogen-bond acceptors (Lipinski definition) is 5. The van der Waals surface area contributed by atoms with Crippen LogP contribution in [0.25, 0.3) is 10.4 Å². The summed E-state index contributed by atoms with van der Waals surface area (Å²) in [6.45, 7) is 2.45. The second kappa shape index (κ2) is 7.67. The largest absolute Gasteiger partial charge is 0.462 e. The number of anilines is 2. The number of benzene rings is 2. The van der Waals surface area contributed by atoms with Gasteiger partial charge in [-0.3, -0.25) is 4.79 Å². The predicted molar refractivity (Wildman–Crippen MR) is 112 cm³/mol. The van der Waals surface area contributed by atoms with E-state index in [0.29, 0.717) is 30.1 Å². The van der Waals surface area contributed by atoms with E-state index in [1.807, 2.05) is 30.3 Å². The van der Waals surface area contributed by atoms with E-state index in [1.54, 1.807) is 11.8 Å². The first-order valence-electron chi connectivity index (χ1n) is 9.25. The summed E-state index contributed by atoms with van der Waals surface area (Å²) >= 11 is 1.35. The highest BCUT2D eigenvalue weighted by Crippen LogP contribution is 2.42. The Morgan fingerprint density at radius 3 is 2.76 bits per heavy atom. The molecule has 0 saturated carbocycles. The van der Waals surface area contributed by atoms with Crippen molar-refractivity contribution < 1.29 is 18.7 Å². The first-order chi connectivity index (χ1) is 14.0. The molecule has 2 N–H and O–H groups in total. The van der Waals surface area contributed by atoms with Gasteiger partial charge in [0.25, 0.3) is 5.91 Å². The molecule has 1 aliphatic heterocycles. The molecule has 2 heterocycles. The summed E-state index contributed by atoms with van der Waals surface area (Å²) in [5, 5.41) is 0. The van der Waals surface area contributed by atoms with Crippen molar-refractivity contribution in [1.82, 2.24) is 0 Å². The summed E-state index contributed by atoms with van der Waals surface area (Å²) in [6, 6.07) is 13.4. The molecule has 3 aromatic rings. The van der Waals surface area contributed by atoms with Crippen molar-refractivity contribution in [3.05, 3.63) is 70.4 Å². The van der Waals surface area contributed by atoms with Gasteiger partial charge < -0.3 is 15.4 Å². The number of rotatable bonds is 3. The number of carbonyl (C=O) groups excluding carboxylic acids is 2. The average Bonchev–Trinajstić information content (AvgIpc) is 3.06. The average molecular weight is 410 g/mol. The normalized spacial score (nSPS) is 12.7. The van der Waals surface area contributed by atoms with E-state index in [-0.39, 0.29) is 17.2 Å². The van der Waals surface area contributed by atoms with Crippen LogP contribution in [0.2, 0.25) is 0 Å². The van der Waals surface area contributed by atoms with Crippen molar-refractivity contribution >= 4 is 34.6 Å². The van der Waals surface area contributed by atoms with Crippen molar-refractivity contribution in [1.29, 1.82) is 0 Å². The van der Waals surface area contributed by atoms with Crippen LogP contribution in [0.15, 0.2) is 48.5 Å². The molecule has 0 bridgehead atoms. The molecule has 0 aliphatic carbocycles. The number of nitrogen functional groups attached to an aromatic ring is 1. The zero-order chi connectivity index (χ0) is 20.5. The molecule has 0 saturated heterocycles. The van der Waals surface area contributed by atoms with Crippen LogP contribution in [0.5, 0.6) is 0 Å². The van der Waals surface area contributed by atoms with Crippen LogP contribution in [-0.4, -0.2) is 25.0 Å². The van der Waals surface area contributed by atoms with Gasteiger partial charge in [0, 0.05) is 22.7 Å². The lowest BCUT2D eigenvalue weighted by Crippen LogP contribution is -2.33. The Morgan fingerprint density at radius 1 is 1.21 bits per heavy atom. The summed E-state index contributed by atoms with van der Waals surface area (Å²) in [4.78, 5) is 28.4. The maximum atomic E-state index is 14.4. The predicted octanol–water partition coefficient (Wildman–Crippen LogP) is 4.52. The van der Waals surface area contributed by atoms with E-state index < -0.39 is 11.7 Å². The number of esters is 1. The number of nitrogens with zero attached hydrogens (tertiary/aromatic N) is 1. The Labute approximate surface area is 171 Å². The van der Waals surface area contributed by atoms with Crippen molar-refractivity contribution in [3.63, 3.8) is 0 Å². The molecule has 1 aliphatic rings. The minimum atomic E-state index is -0.643. The minimum Gasteiger partial charge on any atom is -0.462 e. The monoisotopic (exact) mass is 410 g/mol. The summed E-state index contributed by atoms with van der Waals surface area (Å²) in [5.41, 5.74) is 8.35. The highest BCUT2D eigenvalue weighted by molar-refractivity contribution is 7.17. The number of nitrogens with two attached hydrogens (primary N) is 1. The Hall–Kier alpha value is -3.19. The second-order valence-electron chi connectivity index (χ2n) is 6.65. The topological polar surface area (TPSA) is 72.6 Å². The van der Waals surface area contributed by atoms with E-state index in [9.17, 15) is 14.0 Å². The maximum Gasteiger partial charge on any atom is 0.348 e. The maximum absolute atomic E-state index is 14.4. The van der Waals surface area contributed by atoms with Crippen LogP contribution in [0, 0.1) is 5.82 Å². The zero-order valence-corrected chi connectivity index (χ0v) is 16.6. The number of carbonyl (C=O) groups is 2. The molecule has 0 radical (unpaired) electrons. The zero-order valence-electron chi connectivity index (χ0n) is 15.8. The first kappa shape index (κ1) is 19.1. The van der Waals surface area contributed by atoms with Gasteiger partial charge in [-0.15, -0.1) is 11.3 Å². The molecule has 5 nitrogen and oxygen atoms in total. The third kappa shape index (κ3) is 3.49. The van der Waals surface area contributed by atoms with Crippen LogP contribution >= 0.6 is 11.3 Å². The molecular weight excluding hydrogens is 391 g/mol. The van der Waals surface area contributed by atoms with Gasteiger partial charge in [-0.1, -0.05) is 18.2 Å². The molecular formula is C22H19FN2O3S. The SMILES string of the molecule is CCOC(=O)c1cc2c(s1)-c1ccccc1N(C(=O)c1ccc(N)cc1F)CC2. The van der Waals surface area contributed by atoms with Crippen molar-refractivity contribution in [2.24, 2.45) is 0 Å². The quantitative estimate of drug-likeness (QED) is 0.509. The molecule has 1 aromatic heterocycles. The second-order valence-corrected chi connectivity index (χ2v) is 7.70. The number of thiophene rings is 1. The van der Waals surface area contributed by atoms with E-state index >= 15 is 0 Å². The lowest BCUT2D eigenvalue weighted by atomic mass is 10.1. The molecule has 0 unspecified atom stereocenters. The number of para-hydroxylation sites is 1. The van der Waals surface area contributed by atoms with Crippen LogP contribution in [0.1, 0.15) is 32.5 Å². The standard InChI is InChI=1S/C22H19FN2O3S/c1-2-28-22(27)19-11-13-9-10-25(18-6-4-3-5-16(18)20(13)29-19)21(26)15-8-7-14(24)12-17(15)23/h3-8,11-12H,2,9-10,24H2,1H3. The van der Waals surface area contributed by atoms with Gasteiger partial charge in [0.15, 0.2) is 0 Å². The van der Waals surface area contributed by atoms with E-state index in [0.717, 1.165) is 22.1 Å². The number of fused-ring (bicyclic) bond motifs is 3. The van der Waals surface area contributed by atoms with Gasteiger partial charge in [0.1, 0.15) is 10.7 Å². The first-order valence-corrected chi connectivity index (χ1v) is 10.1. The molecule has 148 valence electrons. The van der Waals surface area contributed by atoms with Crippen molar-refractivity contribution in [2.75, 3.05) is 23.8 Å². The third-order valence-electron chi connectivity index (χ3n) is 4.80. The number of amides is 1. The molecule has 1 amide bonds. The molecule has 2 aromatic carbocycles. The molecule has 29 heavy (non-hydrogen) atoms. The van der Waals surface area contributed by atoms with Crippen molar-refractivity contribution in [2.45, 2.75) is 13.3 Å². The lowest BCUT2D eigenvalue weighted by molar-refractivity contribution is 0.0532. The minimum absolute atomic E-state index is 0.0218. The van der Waals surface area contributed by atoms with Gasteiger partial charge in [0.05, 0.1) is 17.9 Å². The van der Waals surface area contributed by atoms with Crippen LogP contribution in [-0.2, 0) is 11.2 Å². The highest BCUT2D eigenvalue weighted by atomic mass is 32.1. The number of halogens is 1. The van der Waals surface area contributed by atoms with Crippen LogP contribution in [0.4, 0.5) is 15.8 Å². The Morgan fingerprint density at radius 2 is 2.00 bits per heavy atom. The Balaban J connectivity index is 1.77.